The lowest BCUT2D eigenvalue weighted by Gasteiger charge is -2.02. The Balaban J connectivity index is 1.61. The van der Waals surface area contributed by atoms with Crippen molar-refractivity contribution in [1.82, 2.24) is 15.0 Å². The molecule has 0 unspecified atom stereocenters. The number of anilines is 1. The normalized spacial score (nSPS) is 10.9. The van der Waals surface area contributed by atoms with E-state index >= 15 is 0 Å². The van der Waals surface area contributed by atoms with Crippen molar-refractivity contribution in [3.63, 3.8) is 0 Å². The fourth-order valence-corrected chi connectivity index (χ4v) is 2.14. The molecule has 0 aliphatic carbocycles. The molecule has 24 heavy (non-hydrogen) atoms. The molecule has 0 spiro atoms. The van der Waals surface area contributed by atoms with Crippen LogP contribution in [0.3, 0.4) is 0 Å². The first-order chi connectivity index (χ1) is 11.7. The van der Waals surface area contributed by atoms with Gasteiger partial charge in [-0.1, -0.05) is 47.7 Å². The lowest BCUT2D eigenvalue weighted by atomic mass is 10.2. The van der Waals surface area contributed by atoms with E-state index < -0.39 is 11.7 Å². The Morgan fingerprint density at radius 3 is 2.67 bits per heavy atom. The molecule has 1 amide bonds. The summed E-state index contributed by atoms with van der Waals surface area (Å²) in [6.45, 7) is 0.600. The number of para-hydroxylation sites is 1. The highest BCUT2D eigenvalue weighted by Gasteiger charge is 2.04. The van der Waals surface area contributed by atoms with Gasteiger partial charge >= 0.3 is 0 Å². The average molecular weight is 322 g/mol. The first-order valence-corrected chi connectivity index (χ1v) is 7.38. The van der Waals surface area contributed by atoms with Crippen LogP contribution in [-0.4, -0.2) is 20.9 Å². The van der Waals surface area contributed by atoms with Crippen LogP contribution < -0.4 is 5.32 Å². The van der Waals surface area contributed by atoms with Crippen molar-refractivity contribution in [3.8, 4) is 0 Å². The summed E-state index contributed by atoms with van der Waals surface area (Å²) in [4.78, 5) is 11.8. The number of carbonyl (C=O) groups excluding carboxylic acids is 1. The smallest absolute Gasteiger partial charge is 0.248 e. The van der Waals surface area contributed by atoms with E-state index in [2.05, 4.69) is 15.6 Å². The van der Waals surface area contributed by atoms with E-state index in [-0.39, 0.29) is 5.69 Å². The molecule has 0 radical (unpaired) electrons. The highest BCUT2D eigenvalue weighted by molar-refractivity contribution is 6.01. The van der Waals surface area contributed by atoms with Crippen LogP contribution in [0.2, 0.25) is 0 Å². The zero-order valence-corrected chi connectivity index (χ0v) is 12.8. The molecule has 1 heterocycles. The minimum atomic E-state index is -0.479. The lowest BCUT2D eigenvalue weighted by Crippen LogP contribution is -2.09. The third-order valence-electron chi connectivity index (χ3n) is 3.28. The number of rotatable bonds is 5. The monoisotopic (exact) mass is 322 g/mol. The first kappa shape index (κ1) is 15.6. The first-order valence-electron chi connectivity index (χ1n) is 7.38. The van der Waals surface area contributed by atoms with Crippen molar-refractivity contribution in [3.05, 3.63) is 83.9 Å². The summed E-state index contributed by atoms with van der Waals surface area (Å²) in [7, 11) is 0. The van der Waals surface area contributed by atoms with E-state index in [0.29, 0.717) is 12.2 Å². The molecule has 0 bridgehead atoms. The summed E-state index contributed by atoms with van der Waals surface area (Å²) >= 11 is 0. The van der Waals surface area contributed by atoms with Crippen LogP contribution in [0.5, 0.6) is 0 Å². The number of hydrogen-bond donors (Lipinski definition) is 1. The van der Waals surface area contributed by atoms with Crippen molar-refractivity contribution >= 4 is 17.7 Å². The predicted molar refractivity (Wildman–Crippen MR) is 89.6 cm³/mol. The third-order valence-corrected chi connectivity index (χ3v) is 3.28. The molecule has 0 aliphatic heterocycles. The van der Waals surface area contributed by atoms with Gasteiger partial charge in [-0.25, -0.2) is 9.07 Å². The van der Waals surface area contributed by atoms with E-state index in [1.807, 2.05) is 30.3 Å². The molecule has 0 fully saturated rings. The number of nitrogens with one attached hydrogen (secondary N) is 1. The van der Waals surface area contributed by atoms with Crippen LogP contribution in [0, 0.1) is 5.82 Å². The van der Waals surface area contributed by atoms with Gasteiger partial charge < -0.3 is 5.32 Å². The molecule has 2 aromatic carbocycles. The second kappa shape index (κ2) is 7.32. The van der Waals surface area contributed by atoms with Crippen molar-refractivity contribution < 1.29 is 9.18 Å². The molecule has 3 rings (SSSR count). The zero-order valence-electron chi connectivity index (χ0n) is 12.8. The van der Waals surface area contributed by atoms with E-state index in [9.17, 15) is 9.18 Å². The SMILES string of the molecule is O=C(/C=C/c1cn(Cc2ccccc2)nn1)Nc1ccccc1F. The maximum absolute atomic E-state index is 13.5. The van der Waals surface area contributed by atoms with E-state index in [1.165, 1.54) is 24.3 Å². The van der Waals surface area contributed by atoms with Crippen molar-refractivity contribution in [1.29, 1.82) is 0 Å². The Morgan fingerprint density at radius 2 is 1.88 bits per heavy atom. The third kappa shape index (κ3) is 4.13. The molecular formula is C18H15FN4O. The molecule has 0 aliphatic rings. The predicted octanol–water partition coefficient (Wildman–Crippen LogP) is 3.12. The van der Waals surface area contributed by atoms with Gasteiger partial charge in [0.2, 0.25) is 5.91 Å². The van der Waals surface area contributed by atoms with Crippen LogP contribution in [0.1, 0.15) is 11.3 Å². The number of halogens is 1. The Labute approximate surface area is 138 Å². The maximum atomic E-state index is 13.5. The molecule has 3 aromatic rings. The summed E-state index contributed by atoms with van der Waals surface area (Å²) in [5.41, 5.74) is 1.80. The summed E-state index contributed by atoms with van der Waals surface area (Å²) in [6, 6.07) is 15.9. The fraction of sp³-hybridized carbons (Fsp3) is 0.0556. The van der Waals surface area contributed by atoms with Gasteiger partial charge in [0.15, 0.2) is 0 Å². The number of amides is 1. The number of benzene rings is 2. The van der Waals surface area contributed by atoms with Gasteiger partial charge in [-0.2, -0.15) is 0 Å². The molecule has 5 nitrogen and oxygen atoms in total. The van der Waals surface area contributed by atoms with E-state index in [0.717, 1.165) is 5.56 Å². The Hall–Kier alpha value is -3.28. The molecule has 120 valence electrons. The molecule has 0 saturated carbocycles. The molecule has 1 aromatic heterocycles. The highest BCUT2D eigenvalue weighted by atomic mass is 19.1. The Morgan fingerprint density at radius 1 is 1.12 bits per heavy atom. The van der Waals surface area contributed by atoms with Crippen LogP contribution in [0.4, 0.5) is 10.1 Å². The number of hydrogen-bond acceptors (Lipinski definition) is 3. The van der Waals surface area contributed by atoms with Crippen molar-refractivity contribution in [2.45, 2.75) is 6.54 Å². The van der Waals surface area contributed by atoms with Crippen LogP contribution in [-0.2, 0) is 11.3 Å². The summed E-state index contributed by atoms with van der Waals surface area (Å²) in [5, 5.41) is 10.5. The lowest BCUT2D eigenvalue weighted by molar-refractivity contribution is -0.111. The summed E-state index contributed by atoms with van der Waals surface area (Å²) in [6.07, 6.45) is 4.56. The van der Waals surface area contributed by atoms with E-state index in [4.69, 9.17) is 0 Å². The fourth-order valence-electron chi connectivity index (χ4n) is 2.14. The number of nitrogens with zero attached hydrogens (tertiary/aromatic N) is 3. The minimum absolute atomic E-state index is 0.139. The van der Waals surface area contributed by atoms with Gasteiger partial charge in [-0.15, -0.1) is 5.10 Å². The second-order valence-corrected chi connectivity index (χ2v) is 5.13. The van der Waals surface area contributed by atoms with Crippen LogP contribution >= 0.6 is 0 Å². The van der Waals surface area contributed by atoms with Gasteiger partial charge in [0.25, 0.3) is 0 Å². The van der Waals surface area contributed by atoms with Gasteiger partial charge in [-0.3, -0.25) is 4.79 Å². The topological polar surface area (TPSA) is 59.8 Å². The molecule has 6 heteroatoms. The zero-order chi connectivity index (χ0) is 16.8. The van der Waals surface area contributed by atoms with Gasteiger partial charge in [-0.05, 0) is 23.8 Å². The average Bonchev–Trinajstić information content (AvgIpc) is 3.03. The second-order valence-electron chi connectivity index (χ2n) is 5.13. The van der Waals surface area contributed by atoms with E-state index in [1.54, 1.807) is 23.0 Å². The van der Waals surface area contributed by atoms with Gasteiger partial charge in [0.1, 0.15) is 11.5 Å². The molecule has 0 saturated heterocycles. The van der Waals surface area contributed by atoms with Crippen LogP contribution in [0.15, 0.2) is 66.9 Å². The molecular weight excluding hydrogens is 307 g/mol. The number of carbonyl (C=O) groups is 1. The van der Waals surface area contributed by atoms with Gasteiger partial charge in [0, 0.05) is 6.08 Å². The van der Waals surface area contributed by atoms with Gasteiger partial charge in [0.05, 0.1) is 18.4 Å². The van der Waals surface area contributed by atoms with Crippen molar-refractivity contribution in [2.24, 2.45) is 0 Å². The highest BCUT2D eigenvalue weighted by Crippen LogP contribution is 2.12. The standard InChI is InChI=1S/C18H15FN4O/c19-16-8-4-5-9-17(16)20-18(24)11-10-15-13-23(22-21-15)12-14-6-2-1-3-7-14/h1-11,13H,12H2,(H,20,24)/b11-10+. The Kier molecular flexibility index (Phi) is 4.76. The number of aromatic nitrogens is 3. The largest absolute Gasteiger partial charge is 0.320 e. The minimum Gasteiger partial charge on any atom is -0.320 e. The Bertz CT molecular complexity index is 858. The van der Waals surface area contributed by atoms with Crippen molar-refractivity contribution in [2.75, 3.05) is 5.32 Å². The molecule has 1 N–H and O–H groups in total. The maximum Gasteiger partial charge on any atom is 0.248 e. The molecule has 0 atom stereocenters. The quantitative estimate of drug-likeness (QED) is 0.734. The van der Waals surface area contributed by atoms with Crippen LogP contribution in [0.25, 0.3) is 6.08 Å². The summed E-state index contributed by atoms with van der Waals surface area (Å²) in [5.74, 6) is -0.911. The summed E-state index contributed by atoms with van der Waals surface area (Å²) < 4.78 is 15.1.